The molecule has 5 heteroatoms. The van der Waals surface area contributed by atoms with Crippen molar-refractivity contribution in [1.82, 2.24) is 0 Å². The number of carbonyl (C=O) groups is 1. The van der Waals surface area contributed by atoms with Gasteiger partial charge in [-0.25, -0.2) is 0 Å². The number of benzene rings is 1. The van der Waals surface area contributed by atoms with Crippen molar-refractivity contribution in [3.63, 3.8) is 0 Å². The van der Waals surface area contributed by atoms with Crippen molar-refractivity contribution in [3.05, 3.63) is 23.8 Å². The number of aliphatic hydroxyl groups excluding tert-OH is 1. The maximum Gasteiger partial charge on any atom is 0.307 e. The van der Waals surface area contributed by atoms with Crippen LogP contribution < -0.4 is 9.47 Å². The van der Waals surface area contributed by atoms with Gasteiger partial charge in [0.25, 0.3) is 0 Å². The van der Waals surface area contributed by atoms with E-state index in [0.29, 0.717) is 30.3 Å². The summed E-state index contributed by atoms with van der Waals surface area (Å²) in [5.74, 6) is 0.202. The Morgan fingerprint density at radius 1 is 1.29 bits per heavy atom. The minimum Gasteiger partial charge on any atom is -0.489 e. The van der Waals surface area contributed by atoms with Gasteiger partial charge in [-0.1, -0.05) is 6.07 Å². The Morgan fingerprint density at radius 3 is 2.65 bits per heavy atom. The standard InChI is InChI=1S/C12H14O5/c13-5-9-6-16-10-2-1-8(4-12(14)15)3-11(10)17-7-9/h1-3,9,13H,4-7H2,(H,14,15). The second-order valence-electron chi connectivity index (χ2n) is 4.02. The monoisotopic (exact) mass is 238 g/mol. The minimum atomic E-state index is -0.882. The zero-order valence-electron chi connectivity index (χ0n) is 9.26. The largest absolute Gasteiger partial charge is 0.489 e. The lowest BCUT2D eigenvalue weighted by molar-refractivity contribution is -0.136. The molecule has 92 valence electrons. The van der Waals surface area contributed by atoms with Crippen LogP contribution >= 0.6 is 0 Å². The van der Waals surface area contributed by atoms with Gasteiger partial charge in [0.05, 0.1) is 32.2 Å². The molecule has 1 aromatic carbocycles. The van der Waals surface area contributed by atoms with Gasteiger partial charge in [0, 0.05) is 0 Å². The van der Waals surface area contributed by atoms with Gasteiger partial charge in [-0.15, -0.1) is 0 Å². The van der Waals surface area contributed by atoms with E-state index >= 15 is 0 Å². The molecule has 1 aliphatic rings. The smallest absolute Gasteiger partial charge is 0.307 e. The predicted molar refractivity (Wildman–Crippen MR) is 59.3 cm³/mol. The van der Waals surface area contributed by atoms with Gasteiger partial charge in [0.1, 0.15) is 0 Å². The topological polar surface area (TPSA) is 76.0 Å². The first-order valence-electron chi connectivity index (χ1n) is 5.40. The van der Waals surface area contributed by atoms with E-state index in [1.807, 2.05) is 0 Å². The van der Waals surface area contributed by atoms with Crippen molar-refractivity contribution in [3.8, 4) is 11.5 Å². The van der Waals surface area contributed by atoms with E-state index in [0.717, 1.165) is 0 Å². The van der Waals surface area contributed by atoms with Crippen LogP contribution in [0.1, 0.15) is 5.56 Å². The molecule has 1 unspecified atom stereocenters. The van der Waals surface area contributed by atoms with E-state index < -0.39 is 5.97 Å². The van der Waals surface area contributed by atoms with Gasteiger partial charge in [-0.05, 0) is 17.7 Å². The fraction of sp³-hybridized carbons (Fsp3) is 0.417. The van der Waals surface area contributed by atoms with Crippen molar-refractivity contribution in [2.75, 3.05) is 19.8 Å². The molecule has 0 aromatic heterocycles. The molecule has 0 fully saturated rings. The second-order valence-corrected chi connectivity index (χ2v) is 4.02. The third-order valence-corrected chi connectivity index (χ3v) is 2.57. The molecule has 5 nitrogen and oxygen atoms in total. The molecule has 1 aliphatic heterocycles. The molecule has 0 saturated carbocycles. The first kappa shape index (κ1) is 11.7. The number of hydrogen-bond donors (Lipinski definition) is 2. The summed E-state index contributed by atoms with van der Waals surface area (Å²) in [6.07, 6.45) is -0.0416. The number of carboxylic acids is 1. The molecule has 0 bridgehead atoms. The van der Waals surface area contributed by atoms with Gasteiger partial charge in [-0.3, -0.25) is 4.79 Å². The lowest BCUT2D eigenvalue weighted by Gasteiger charge is -2.08. The Hall–Kier alpha value is -1.75. The fourth-order valence-corrected chi connectivity index (χ4v) is 1.64. The zero-order chi connectivity index (χ0) is 12.3. The van der Waals surface area contributed by atoms with E-state index in [9.17, 15) is 4.79 Å². The maximum atomic E-state index is 10.6. The number of aliphatic carboxylic acids is 1. The minimum absolute atomic E-state index is 0.00989. The third-order valence-electron chi connectivity index (χ3n) is 2.57. The zero-order valence-corrected chi connectivity index (χ0v) is 9.26. The first-order valence-corrected chi connectivity index (χ1v) is 5.40. The Balaban J connectivity index is 2.16. The third kappa shape index (κ3) is 2.88. The van der Waals surface area contributed by atoms with Crippen molar-refractivity contribution in [1.29, 1.82) is 0 Å². The maximum absolute atomic E-state index is 10.6. The van der Waals surface area contributed by atoms with Gasteiger partial charge < -0.3 is 19.7 Å². The highest BCUT2D eigenvalue weighted by Crippen LogP contribution is 2.31. The molecular weight excluding hydrogens is 224 g/mol. The molecule has 0 amide bonds. The molecule has 0 spiro atoms. The average Bonchev–Trinajstić information content (AvgIpc) is 2.50. The summed E-state index contributed by atoms with van der Waals surface area (Å²) in [6.45, 7) is 0.789. The summed E-state index contributed by atoms with van der Waals surface area (Å²) in [4.78, 5) is 10.6. The van der Waals surface area contributed by atoms with Gasteiger partial charge in [-0.2, -0.15) is 0 Å². The van der Waals surface area contributed by atoms with Crippen LogP contribution in [0, 0.1) is 5.92 Å². The Morgan fingerprint density at radius 2 is 2.00 bits per heavy atom. The molecule has 1 atom stereocenters. The highest BCUT2D eigenvalue weighted by molar-refractivity contribution is 5.70. The van der Waals surface area contributed by atoms with Crippen LogP contribution in [0.3, 0.4) is 0 Å². The Bertz CT molecular complexity index is 415. The van der Waals surface area contributed by atoms with Gasteiger partial charge in [0.2, 0.25) is 0 Å². The number of carboxylic acid groups (broad SMARTS) is 1. The Labute approximate surface area is 98.6 Å². The molecule has 0 saturated heterocycles. The lowest BCUT2D eigenvalue weighted by atomic mass is 10.1. The van der Waals surface area contributed by atoms with Crippen LogP contribution in [0.5, 0.6) is 11.5 Å². The molecule has 2 N–H and O–H groups in total. The van der Waals surface area contributed by atoms with Crippen LogP contribution in [-0.4, -0.2) is 36.0 Å². The van der Waals surface area contributed by atoms with Gasteiger partial charge in [0.15, 0.2) is 11.5 Å². The quantitative estimate of drug-likeness (QED) is 0.810. The molecule has 1 aromatic rings. The summed E-state index contributed by atoms with van der Waals surface area (Å²) in [6, 6.07) is 5.08. The van der Waals surface area contributed by atoms with Crippen LogP contribution in [0.4, 0.5) is 0 Å². The second kappa shape index (κ2) is 5.05. The molecule has 2 rings (SSSR count). The van der Waals surface area contributed by atoms with E-state index in [2.05, 4.69) is 0 Å². The van der Waals surface area contributed by atoms with Crippen LogP contribution in [0.15, 0.2) is 18.2 Å². The lowest BCUT2D eigenvalue weighted by Crippen LogP contribution is -2.20. The van der Waals surface area contributed by atoms with E-state index in [1.165, 1.54) is 0 Å². The SMILES string of the molecule is O=C(O)Cc1ccc2c(c1)OCC(CO)CO2. The van der Waals surface area contributed by atoms with Crippen molar-refractivity contribution < 1.29 is 24.5 Å². The summed E-state index contributed by atoms with van der Waals surface area (Å²) < 4.78 is 11.0. The number of fused-ring (bicyclic) bond motifs is 1. The van der Waals surface area contributed by atoms with Crippen molar-refractivity contribution in [2.45, 2.75) is 6.42 Å². The number of aliphatic hydroxyl groups is 1. The molecule has 0 radical (unpaired) electrons. The highest BCUT2D eigenvalue weighted by Gasteiger charge is 2.18. The fourth-order valence-electron chi connectivity index (χ4n) is 1.64. The molecule has 0 aliphatic carbocycles. The van der Waals surface area contributed by atoms with E-state index in [1.54, 1.807) is 18.2 Å². The van der Waals surface area contributed by atoms with Crippen LogP contribution in [0.2, 0.25) is 0 Å². The van der Waals surface area contributed by atoms with E-state index in [-0.39, 0.29) is 18.9 Å². The Kier molecular flexibility index (Phi) is 3.49. The van der Waals surface area contributed by atoms with Crippen molar-refractivity contribution in [2.24, 2.45) is 5.92 Å². The summed E-state index contributed by atoms with van der Waals surface area (Å²) >= 11 is 0. The molecule has 1 heterocycles. The normalized spacial score (nSPS) is 18.5. The number of rotatable bonds is 3. The van der Waals surface area contributed by atoms with E-state index in [4.69, 9.17) is 19.7 Å². The van der Waals surface area contributed by atoms with Crippen LogP contribution in [0.25, 0.3) is 0 Å². The number of ether oxygens (including phenoxy) is 2. The predicted octanol–water partition coefficient (Wildman–Crippen LogP) is 0.693. The first-order chi connectivity index (χ1) is 8.19. The van der Waals surface area contributed by atoms with Crippen LogP contribution in [-0.2, 0) is 11.2 Å². The highest BCUT2D eigenvalue weighted by atomic mass is 16.5. The molecular formula is C12H14O5. The summed E-state index contributed by atoms with van der Waals surface area (Å²) in [5.41, 5.74) is 0.669. The van der Waals surface area contributed by atoms with Crippen molar-refractivity contribution >= 4 is 5.97 Å². The van der Waals surface area contributed by atoms with Gasteiger partial charge >= 0.3 is 5.97 Å². The summed E-state index contributed by atoms with van der Waals surface area (Å²) in [7, 11) is 0. The summed E-state index contributed by atoms with van der Waals surface area (Å²) in [5, 5.41) is 17.7. The number of hydrogen-bond acceptors (Lipinski definition) is 4. The average molecular weight is 238 g/mol. The molecule has 17 heavy (non-hydrogen) atoms.